The molecule has 0 spiro atoms. The maximum Gasteiger partial charge on any atom is 0.263 e. The van der Waals surface area contributed by atoms with Crippen molar-refractivity contribution in [2.75, 3.05) is 17.2 Å². The molecular weight excluding hydrogens is 450 g/mol. The predicted molar refractivity (Wildman–Crippen MR) is 137 cm³/mol. The molecule has 0 N–H and O–H groups in total. The minimum absolute atomic E-state index is 0.0240. The van der Waals surface area contributed by atoms with Crippen LogP contribution in [0.4, 0.5) is 5.69 Å². The van der Waals surface area contributed by atoms with Crippen molar-refractivity contribution in [1.82, 2.24) is 9.55 Å². The molecule has 0 radical (unpaired) electrons. The van der Waals surface area contributed by atoms with Crippen LogP contribution in [0.25, 0.3) is 21.3 Å². The highest BCUT2D eigenvalue weighted by atomic mass is 32.2. The van der Waals surface area contributed by atoms with E-state index in [2.05, 4.69) is 12.6 Å². The summed E-state index contributed by atoms with van der Waals surface area (Å²) in [7, 11) is 0. The van der Waals surface area contributed by atoms with E-state index in [0.29, 0.717) is 28.5 Å². The van der Waals surface area contributed by atoms with E-state index in [4.69, 9.17) is 4.98 Å². The van der Waals surface area contributed by atoms with Crippen LogP contribution in [0, 0.1) is 6.92 Å². The molecule has 3 heterocycles. The van der Waals surface area contributed by atoms with Gasteiger partial charge in [-0.2, -0.15) is 0 Å². The van der Waals surface area contributed by atoms with Gasteiger partial charge in [-0.3, -0.25) is 14.2 Å². The van der Waals surface area contributed by atoms with Gasteiger partial charge >= 0.3 is 0 Å². The lowest BCUT2D eigenvalue weighted by atomic mass is 10.1. The number of hydrogen-bond acceptors (Lipinski definition) is 5. The molecule has 166 valence electrons. The van der Waals surface area contributed by atoms with Crippen LogP contribution >= 0.6 is 23.1 Å². The molecule has 0 saturated heterocycles. The highest BCUT2D eigenvalue weighted by Crippen LogP contribution is 2.33. The first-order chi connectivity index (χ1) is 16.1. The molecule has 0 atom stereocenters. The second-order valence-corrected chi connectivity index (χ2v) is 9.81. The summed E-state index contributed by atoms with van der Waals surface area (Å²) in [5.41, 5.74) is 5.14. The summed E-state index contributed by atoms with van der Waals surface area (Å²) < 4.78 is 1.62. The molecule has 33 heavy (non-hydrogen) atoms. The van der Waals surface area contributed by atoms with Crippen molar-refractivity contribution >= 4 is 44.9 Å². The molecule has 2 aromatic heterocycles. The molecule has 1 aliphatic rings. The fourth-order valence-corrected chi connectivity index (χ4v) is 6.03. The van der Waals surface area contributed by atoms with E-state index in [1.54, 1.807) is 10.6 Å². The van der Waals surface area contributed by atoms with Crippen molar-refractivity contribution in [2.45, 2.75) is 25.0 Å². The number of fused-ring (bicyclic) bond motifs is 2. The molecule has 4 aromatic rings. The van der Waals surface area contributed by atoms with Crippen LogP contribution < -0.4 is 10.5 Å². The lowest BCUT2D eigenvalue weighted by Gasteiger charge is -2.17. The summed E-state index contributed by atoms with van der Waals surface area (Å²) in [6.07, 6.45) is 2.56. The van der Waals surface area contributed by atoms with Crippen molar-refractivity contribution in [1.29, 1.82) is 0 Å². The van der Waals surface area contributed by atoms with E-state index in [1.807, 2.05) is 59.7 Å². The van der Waals surface area contributed by atoms with Crippen LogP contribution in [0.2, 0.25) is 0 Å². The van der Waals surface area contributed by atoms with Gasteiger partial charge in [0.15, 0.2) is 5.16 Å². The number of thioether (sulfide) groups is 1. The van der Waals surface area contributed by atoms with E-state index >= 15 is 0 Å². The zero-order valence-corrected chi connectivity index (χ0v) is 19.9. The number of para-hydroxylation sites is 1. The topological polar surface area (TPSA) is 55.2 Å². The van der Waals surface area contributed by atoms with Gasteiger partial charge in [-0.15, -0.1) is 17.9 Å². The molecule has 2 aromatic carbocycles. The number of aromatic nitrogens is 2. The number of rotatable bonds is 6. The Morgan fingerprint density at radius 3 is 2.79 bits per heavy atom. The first kappa shape index (κ1) is 21.7. The summed E-state index contributed by atoms with van der Waals surface area (Å²) in [4.78, 5) is 33.8. The van der Waals surface area contributed by atoms with Gasteiger partial charge in [0.1, 0.15) is 4.83 Å². The fourth-order valence-electron chi connectivity index (χ4n) is 4.15. The Kier molecular flexibility index (Phi) is 5.91. The molecule has 0 fully saturated rings. The number of carbonyl (C=O) groups excluding carboxylic acids is 1. The van der Waals surface area contributed by atoms with Crippen LogP contribution in [-0.4, -0.2) is 27.8 Å². The number of benzene rings is 2. The Morgan fingerprint density at radius 1 is 1.21 bits per heavy atom. The SMILES string of the molecule is C=CCn1c(SCC(=O)N2CCc3ccccc32)nc2scc(-c3ccc(C)cc3)c2c1=O. The zero-order valence-electron chi connectivity index (χ0n) is 18.3. The first-order valence-electron chi connectivity index (χ1n) is 10.8. The van der Waals surface area contributed by atoms with E-state index in [9.17, 15) is 9.59 Å². The predicted octanol–water partition coefficient (Wildman–Crippen LogP) is 5.30. The summed E-state index contributed by atoms with van der Waals surface area (Å²) in [5.74, 6) is 0.246. The highest BCUT2D eigenvalue weighted by molar-refractivity contribution is 7.99. The van der Waals surface area contributed by atoms with Crippen LogP contribution in [0.1, 0.15) is 11.1 Å². The molecule has 0 aliphatic carbocycles. The second kappa shape index (κ2) is 9.00. The number of hydrogen-bond donors (Lipinski definition) is 0. The highest BCUT2D eigenvalue weighted by Gasteiger charge is 2.25. The average molecular weight is 474 g/mol. The van der Waals surface area contributed by atoms with E-state index in [1.165, 1.54) is 34.2 Å². The molecule has 5 nitrogen and oxygen atoms in total. The Labute approximate surface area is 200 Å². The number of carbonyl (C=O) groups is 1. The van der Waals surface area contributed by atoms with Gasteiger partial charge in [-0.1, -0.05) is 65.9 Å². The van der Waals surface area contributed by atoms with Crippen molar-refractivity contribution in [3.05, 3.63) is 88.0 Å². The van der Waals surface area contributed by atoms with Gasteiger partial charge in [0, 0.05) is 29.7 Å². The maximum atomic E-state index is 13.5. The fraction of sp³-hybridized carbons (Fsp3) is 0.192. The average Bonchev–Trinajstić information content (AvgIpc) is 3.45. The van der Waals surface area contributed by atoms with Crippen molar-refractivity contribution < 1.29 is 4.79 Å². The maximum absolute atomic E-state index is 13.5. The normalized spacial score (nSPS) is 12.8. The summed E-state index contributed by atoms with van der Waals surface area (Å²) in [6, 6.07) is 16.2. The molecule has 0 bridgehead atoms. The Balaban J connectivity index is 1.46. The third kappa shape index (κ3) is 4.03. The number of aryl methyl sites for hydroxylation is 1. The Hall–Kier alpha value is -3.16. The van der Waals surface area contributed by atoms with Crippen LogP contribution in [0.15, 0.2) is 76.5 Å². The molecule has 1 aliphatic heterocycles. The minimum atomic E-state index is -0.0989. The minimum Gasteiger partial charge on any atom is -0.311 e. The first-order valence-corrected chi connectivity index (χ1v) is 12.6. The number of allylic oxidation sites excluding steroid dienone is 1. The molecule has 7 heteroatoms. The number of thiophene rings is 1. The summed E-state index contributed by atoms with van der Waals surface area (Å²) in [6.45, 7) is 6.88. The van der Waals surface area contributed by atoms with Crippen LogP contribution in [-0.2, 0) is 17.8 Å². The van der Waals surface area contributed by atoms with Gasteiger partial charge in [0.05, 0.1) is 11.1 Å². The van der Waals surface area contributed by atoms with Crippen molar-refractivity contribution in [3.8, 4) is 11.1 Å². The Morgan fingerprint density at radius 2 is 2.00 bits per heavy atom. The largest absolute Gasteiger partial charge is 0.311 e. The number of anilines is 1. The summed E-state index contributed by atoms with van der Waals surface area (Å²) >= 11 is 2.77. The van der Waals surface area contributed by atoms with Crippen LogP contribution in [0.3, 0.4) is 0 Å². The lowest BCUT2D eigenvalue weighted by Crippen LogP contribution is -2.31. The number of amides is 1. The van der Waals surface area contributed by atoms with Gasteiger partial charge in [-0.05, 0) is 30.5 Å². The van der Waals surface area contributed by atoms with Gasteiger partial charge in [-0.25, -0.2) is 4.98 Å². The van der Waals surface area contributed by atoms with Crippen LogP contribution in [0.5, 0.6) is 0 Å². The third-order valence-corrected chi connectivity index (χ3v) is 7.68. The molecule has 0 saturated carbocycles. The standard InChI is InChI=1S/C26H23N3O2S2/c1-3-13-29-25(31)23-20(18-10-8-17(2)9-11-18)15-32-24(23)27-26(29)33-16-22(30)28-14-12-19-6-4-5-7-21(19)28/h3-11,15H,1,12-14,16H2,2H3. The van der Waals surface area contributed by atoms with E-state index in [-0.39, 0.29) is 17.2 Å². The molecule has 1 amide bonds. The van der Waals surface area contributed by atoms with E-state index in [0.717, 1.165) is 23.2 Å². The quantitative estimate of drug-likeness (QED) is 0.217. The smallest absolute Gasteiger partial charge is 0.263 e. The van der Waals surface area contributed by atoms with Gasteiger partial charge in [0.25, 0.3) is 5.56 Å². The zero-order chi connectivity index (χ0) is 22.9. The lowest BCUT2D eigenvalue weighted by molar-refractivity contribution is -0.116. The van der Waals surface area contributed by atoms with Crippen molar-refractivity contribution in [2.24, 2.45) is 0 Å². The van der Waals surface area contributed by atoms with Crippen molar-refractivity contribution in [3.63, 3.8) is 0 Å². The second-order valence-electron chi connectivity index (χ2n) is 8.01. The third-order valence-electron chi connectivity index (χ3n) is 5.85. The monoisotopic (exact) mass is 473 g/mol. The van der Waals surface area contributed by atoms with Gasteiger partial charge < -0.3 is 4.90 Å². The summed E-state index contributed by atoms with van der Waals surface area (Å²) in [5, 5.41) is 3.16. The number of nitrogens with zero attached hydrogens (tertiary/aromatic N) is 3. The molecule has 0 unspecified atom stereocenters. The van der Waals surface area contributed by atoms with E-state index < -0.39 is 0 Å². The molecule has 5 rings (SSSR count). The van der Waals surface area contributed by atoms with Gasteiger partial charge in [0.2, 0.25) is 5.91 Å². The molecular formula is C26H23N3O2S2. The Bertz CT molecular complexity index is 1420.